The molecule has 0 aliphatic carbocycles. The molecule has 0 aromatic heterocycles. The van der Waals surface area contributed by atoms with Crippen molar-refractivity contribution in [2.45, 2.75) is 33.1 Å². The van der Waals surface area contributed by atoms with Gasteiger partial charge in [-0.05, 0) is 25.0 Å². The Morgan fingerprint density at radius 3 is 1.96 bits per heavy atom. The van der Waals surface area contributed by atoms with Crippen LogP contribution in [0, 0.1) is 11.6 Å². The first-order chi connectivity index (χ1) is 11.2. The molecule has 0 aliphatic heterocycles. The van der Waals surface area contributed by atoms with E-state index in [4.69, 9.17) is 0 Å². The van der Waals surface area contributed by atoms with Gasteiger partial charge in [-0.2, -0.15) is 0 Å². The van der Waals surface area contributed by atoms with Gasteiger partial charge in [0.15, 0.2) is 11.6 Å². The van der Waals surface area contributed by atoms with Crippen molar-refractivity contribution < 1.29 is 22.0 Å². The molecule has 0 heterocycles. The van der Waals surface area contributed by atoms with Gasteiger partial charge in [0.2, 0.25) is 15.9 Å². The van der Waals surface area contributed by atoms with Crippen LogP contribution < -0.4 is 4.31 Å². The topological polar surface area (TPSA) is 57.7 Å². The lowest BCUT2D eigenvalue weighted by atomic mass is 10.2. The predicted octanol–water partition coefficient (Wildman–Crippen LogP) is 2.77. The molecule has 5 nitrogen and oxygen atoms in total. The van der Waals surface area contributed by atoms with E-state index in [1.807, 2.05) is 13.8 Å². The quantitative estimate of drug-likeness (QED) is 0.679. The lowest BCUT2D eigenvalue weighted by molar-refractivity contribution is -0.131. The van der Waals surface area contributed by atoms with Crippen molar-refractivity contribution in [1.82, 2.24) is 4.90 Å². The summed E-state index contributed by atoms with van der Waals surface area (Å²) >= 11 is 0. The number of sulfonamides is 1. The van der Waals surface area contributed by atoms with E-state index in [1.165, 1.54) is 0 Å². The summed E-state index contributed by atoms with van der Waals surface area (Å²) in [5, 5.41) is 0. The van der Waals surface area contributed by atoms with E-state index in [0.29, 0.717) is 17.4 Å². The maximum atomic E-state index is 13.9. The van der Waals surface area contributed by atoms with Crippen LogP contribution in [-0.2, 0) is 14.8 Å². The van der Waals surface area contributed by atoms with Crippen LogP contribution in [0.25, 0.3) is 0 Å². The molecule has 0 unspecified atom stereocenters. The molecular weight excluding hydrogens is 338 g/mol. The van der Waals surface area contributed by atoms with Gasteiger partial charge in [0.05, 0.1) is 6.26 Å². The summed E-state index contributed by atoms with van der Waals surface area (Å²) in [5.74, 6) is -2.19. The molecule has 0 bridgehead atoms. The second kappa shape index (κ2) is 8.96. The highest BCUT2D eigenvalue weighted by molar-refractivity contribution is 7.92. The zero-order valence-corrected chi connectivity index (χ0v) is 15.1. The number of carbonyl (C=O) groups excluding carboxylic acids is 1. The number of amides is 1. The third-order valence-corrected chi connectivity index (χ3v) is 4.62. The zero-order chi connectivity index (χ0) is 18.3. The van der Waals surface area contributed by atoms with E-state index in [-0.39, 0.29) is 18.9 Å². The van der Waals surface area contributed by atoms with Crippen molar-refractivity contribution in [3.63, 3.8) is 0 Å². The first kappa shape index (κ1) is 20.3. The molecule has 0 atom stereocenters. The molecule has 0 radical (unpaired) electrons. The van der Waals surface area contributed by atoms with Gasteiger partial charge in [0.25, 0.3) is 0 Å². The molecule has 0 aliphatic rings. The summed E-state index contributed by atoms with van der Waals surface area (Å²) in [5.41, 5.74) is -0.648. The monoisotopic (exact) mass is 362 g/mol. The minimum Gasteiger partial charge on any atom is -0.343 e. The van der Waals surface area contributed by atoms with Crippen LogP contribution in [0.1, 0.15) is 33.1 Å². The molecular formula is C16H24F2N2O3S. The normalized spacial score (nSPS) is 11.4. The maximum absolute atomic E-state index is 13.9. The maximum Gasteiger partial charge on any atom is 0.232 e. The second-order valence-electron chi connectivity index (χ2n) is 5.54. The van der Waals surface area contributed by atoms with Gasteiger partial charge in [-0.25, -0.2) is 17.2 Å². The molecule has 0 saturated heterocycles. The number of anilines is 1. The Hall–Kier alpha value is -1.70. The van der Waals surface area contributed by atoms with Crippen LogP contribution in [0.4, 0.5) is 14.5 Å². The molecule has 1 rings (SSSR count). The number of halogens is 2. The van der Waals surface area contributed by atoms with Gasteiger partial charge in [-0.3, -0.25) is 9.10 Å². The molecule has 24 heavy (non-hydrogen) atoms. The van der Waals surface area contributed by atoms with Crippen molar-refractivity contribution in [3.8, 4) is 0 Å². The average molecular weight is 362 g/mol. The van der Waals surface area contributed by atoms with Crippen LogP contribution >= 0.6 is 0 Å². The van der Waals surface area contributed by atoms with E-state index < -0.39 is 27.3 Å². The lowest BCUT2D eigenvalue weighted by Gasteiger charge is -2.26. The summed E-state index contributed by atoms with van der Waals surface area (Å²) < 4.78 is 52.3. The highest BCUT2D eigenvalue weighted by Crippen LogP contribution is 2.25. The number of benzene rings is 1. The smallest absolute Gasteiger partial charge is 0.232 e. The minimum absolute atomic E-state index is 0.138. The summed E-state index contributed by atoms with van der Waals surface area (Å²) in [4.78, 5) is 13.9. The lowest BCUT2D eigenvalue weighted by Crippen LogP contribution is -2.38. The van der Waals surface area contributed by atoms with Crippen molar-refractivity contribution in [2.75, 3.05) is 30.2 Å². The third-order valence-electron chi connectivity index (χ3n) is 3.46. The molecule has 0 spiro atoms. The van der Waals surface area contributed by atoms with Gasteiger partial charge in [0.1, 0.15) is 5.69 Å². The Morgan fingerprint density at radius 1 is 1.04 bits per heavy atom. The molecule has 0 N–H and O–H groups in total. The largest absolute Gasteiger partial charge is 0.343 e. The molecule has 0 fully saturated rings. The standard InChI is InChI=1S/C16H24F2N2O3S/c1-4-10-19(11-5-2)15(21)9-12-20(24(3,22)23)16-13(17)7-6-8-14(16)18/h6-8H,4-5,9-12H2,1-3H3. The van der Waals surface area contributed by atoms with E-state index >= 15 is 0 Å². The molecule has 1 amide bonds. The van der Waals surface area contributed by atoms with Crippen LogP contribution in [0.2, 0.25) is 0 Å². The van der Waals surface area contributed by atoms with Crippen molar-refractivity contribution in [2.24, 2.45) is 0 Å². The number of rotatable bonds is 9. The number of hydrogen-bond acceptors (Lipinski definition) is 3. The molecule has 8 heteroatoms. The minimum atomic E-state index is -3.93. The molecule has 1 aromatic rings. The van der Waals surface area contributed by atoms with Crippen LogP contribution in [0.3, 0.4) is 0 Å². The number of carbonyl (C=O) groups is 1. The van der Waals surface area contributed by atoms with Crippen LogP contribution in [0.5, 0.6) is 0 Å². The van der Waals surface area contributed by atoms with Gasteiger partial charge >= 0.3 is 0 Å². The second-order valence-corrected chi connectivity index (χ2v) is 7.44. The summed E-state index contributed by atoms with van der Waals surface area (Å²) in [6.45, 7) is 4.71. The van der Waals surface area contributed by atoms with Gasteiger partial charge in [-0.1, -0.05) is 19.9 Å². The number of para-hydroxylation sites is 1. The van der Waals surface area contributed by atoms with Crippen LogP contribution in [0.15, 0.2) is 18.2 Å². The fourth-order valence-corrected chi connectivity index (χ4v) is 3.36. The molecule has 0 saturated carbocycles. The molecule has 136 valence electrons. The van der Waals surface area contributed by atoms with Crippen molar-refractivity contribution in [3.05, 3.63) is 29.8 Å². The van der Waals surface area contributed by atoms with Gasteiger partial charge < -0.3 is 4.90 Å². The fraction of sp³-hybridized carbons (Fsp3) is 0.562. The van der Waals surface area contributed by atoms with Crippen LogP contribution in [-0.4, -0.2) is 45.1 Å². The highest BCUT2D eigenvalue weighted by atomic mass is 32.2. The average Bonchev–Trinajstić information content (AvgIpc) is 2.48. The Morgan fingerprint density at radius 2 is 1.54 bits per heavy atom. The Bertz CT molecular complexity index is 639. The summed E-state index contributed by atoms with van der Waals surface area (Å²) in [7, 11) is -3.93. The summed E-state index contributed by atoms with van der Waals surface area (Å²) in [6.07, 6.45) is 2.28. The predicted molar refractivity (Wildman–Crippen MR) is 90.3 cm³/mol. The molecule has 1 aromatic carbocycles. The van der Waals surface area contributed by atoms with Crippen molar-refractivity contribution >= 4 is 21.6 Å². The third kappa shape index (κ3) is 5.43. The van der Waals surface area contributed by atoms with E-state index in [9.17, 15) is 22.0 Å². The van der Waals surface area contributed by atoms with E-state index in [0.717, 1.165) is 37.3 Å². The number of hydrogen-bond donors (Lipinski definition) is 0. The number of nitrogens with zero attached hydrogens (tertiary/aromatic N) is 2. The van der Waals surface area contributed by atoms with E-state index in [2.05, 4.69) is 0 Å². The summed E-state index contributed by atoms with van der Waals surface area (Å²) in [6, 6.07) is 3.13. The SMILES string of the molecule is CCCN(CCC)C(=O)CCN(c1c(F)cccc1F)S(C)(=O)=O. The first-order valence-corrected chi connectivity index (χ1v) is 9.76. The van der Waals surface area contributed by atoms with E-state index in [1.54, 1.807) is 4.90 Å². The fourth-order valence-electron chi connectivity index (χ4n) is 2.43. The van der Waals surface area contributed by atoms with Crippen molar-refractivity contribution in [1.29, 1.82) is 0 Å². The van der Waals surface area contributed by atoms with Gasteiger partial charge in [-0.15, -0.1) is 0 Å². The first-order valence-electron chi connectivity index (χ1n) is 7.91. The Labute approximate surface area is 142 Å². The Kier molecular flexibility index (Phi) is 7.59. The highest BCUT2D eigenvalue weighted by Gasteiger charge is 2.25. The Balaban J connectivity index is 2.99. The van der Waals surface area contributed by atoms with Gasteiger partial charge in [0, 0.05) is 26.1 Å². The zero-order valence-electron chi connectivity index (χ0n) is 14.3.